The standard InChI is InChI=1S/C28H29ClN6O2/c1-3-31-26(36)15-24-28-34-33-17(2)35(28)25-13-12-22(37-16-18-4-10-21(30)11-5-18)14-23(25)27(32-24)19-6-8-20(29)9-7-19/h4-14,17,24,33H,3,15-16,30H2,1-2H3,(H,31,36)/t17?,24-/m0/s1. The lowest BCUT2D eigenvalue weighted by molar-refractivity contribution is -0.121. The molecule has 0 aliphatic carbocycles. The number of amides is 1. The van der Waals surface area contributed by atoms with Crippen LogP contribution in [0.25, 0.3) is 0 Å². The van der Waals surface area contributed by atoms with Gasteiger partial charge in [0.05, 0.1) is 17.8 Å². The van der Waals surface area contributed by atoms with Gasteiger partial charge in [-0.25, -0.2) is 0 Å². The summed E-state index contributed by atoms with van der Waals surface area (Å²) in [6, 6.07) is 20.7. The Hall–Kier alpha value is -4.04. The van der Waals surface area contributed by atoms with Crippen molar-refractivity contribution in [1.29, 1.82) is 0 Å². The molecule has 37 heavy (non-hydrogen) atoms. The molecule has 1 unspecified atom stereocenters. The van der Waals surface area contributed by atoms with Gasteiger partial charge < -0.3 is 20.7 Å². The van der Waals surface area contributed by atoms with Crippen molar-refractivity contribution in [2.24, 2.45) is 10.1 Å². The number of hydrogen-bond acceptors (Lipinski definition) is 7. The van der Waals surface area contributed by atoms with Crippen LogP contribution in [0.5, 0.6) is 5.75 Å². The number of carbonyl (C=O) groups is 1. The molecule has 2 aliphatic rings. The number of anilines is 2. The summed E-state index contributed by atoms with van der Waals surface area (Å²) in [6.07, 6.45) is 0.0789. The van der Waals surface area contributed by atoms with E-state index in [4.69, 9.17) is 27.1 Å². The zero-order valence-corrected chi connectivity index (χ0v) is 21.5. The summed E-state index contributed by atoms with van der Waals surface area (Å²) < 4.78 is 6.16. The predicted molar refractivity (Wildman–Crippen MR) is 148 cm³/mol. The lowest BCUT2D eigenvalue weighted by Crippen LogP contribution is -2.43. The Morgan fingerprint density at radius 3 is 2.62 bits per heavy atom. The smallest absolute Gasteiger partial charge is 0.222 e. The number of aliphatic imine (C=N–C) groups is 1. The lowest BCUT2D eigenvalue weighted by Gasteiger charge is -2.27. The number of fused-ring (bicyclic) bond motifs is 3. The van der Waals surface area contributed by atoms with E-state index in [-0.39, 0.29) is 18.5 Å². The monoisotopic (exact) mass is 516 g/mol. The number of nitrogens with zero attached hydrogens (tertiary/aromatic N) is 3. The average Bonchev–Trinajstić information content (AvgIpc) is 3.21. The minimum Gasteiger partial charge on any atom is -0.489 e. The summed E-state index contributed by atoms with van der Waals surface area (Å²) in [4.78, 5) is 19.9. The first-order valence-electron chi connectivity index (χ1n) is 12.3. The number of hydrazone groups is 1. The van der Waals surface area contributed by atoms with E-state index in [0.717, 1.165) is 28.1 Å². The summed E-state index contributed by atoms with van der Waals surface area (Å²) in [5.74, 6) is 1.34. The highest BCUT2D eigenvalue weighted by Crippen LogP contribution is 2.35. The highest BCUT2D eigenvalue weighted by Gasteiger charge is 2.37. The molecular weight excluding hydrogens is 488 g/mol. The first-order chi connectivity index (χ1) is 17.9. The van der Waals surface area contributed by atoms with E-state index in [1.165, 1.54) is 0 Å². The third-order valence-corrected chi connectivity index (χ3v) is 6.57. The van der Waals surface area contributed by atoms with Gasteiger partial charge in [0.1, 0.15) is 24.6 Å². The van der Waals surface area contributed by atoms with Gasteiger partial charge >= 0.3 is 0 Å². The maximum absolute atomic E-state index is 12.6. The molecule has 0 bridgehead atoms. The molecule has 4 N–H and O–H groups in total. The zero-order chi connectivity index (χ0) is 25.9. The van der Waals surface area contributed by atoms with Gasteiger partial charge in [-0.05, 0) is 61.9 Å². The van der Waals surface area contributed by atoms with Crippen LogP contribution in [-0.2, 0) is 11.4 Å². The number of rotatable bonds is 7. The maximum atomic E-state index is 12.6. The molecule has 0 fully saturated rings. The first kappa shape index (κ1) is 24.6. The number of hydrogen-bond donors (Lipinski definition) is 3. The van der Waals surface area contributed by atoms with Crippen molar-refractivity contribution in [2.45, 2.75) is 39.1 Å². The molecule has 190 valence electrons. The third-order valence-electron chi connectivity index (χ3n) is 6.32. The van der Waals surface area contributed by atoms with Gasteiger partial charge in [-0.1, -0.05) is 35.9 Å². The molecular formula is C28H29ClN6O2. The second-order valence-electron chi connectivity index (χ2n) is 9.01. The highest BCUT2D eigenvalue weighted by atomic mass is 35.5. The fourth-order valence-electron chi connectivity index (χ4n) is 4.52. The van der Waals surface area contributed by atoms with Crippen LogP contribution in [0.15, 0.2) is 76.8 Å². The van der Waals surface area contributed by atoms with Crippen LogP contribution in [0.1, 0.15) is 37.0 Å². The van der Waals surface area contributed by atoms with E-state index in [1.807, 2.05) is 80.6 Å². The molecule has 0 radical (unpaired) electrons. The van der Waals surface area contributed by atoms with Crippen molar-refractivity contribution in [2.75, 3.05) is 17.2 Å². The molecule has 3 aromatic carbocycles. The van der Waals surface area contributed by atoms with Gasteiger partial charge in [-0.3, -0.25) is 15.2 Å². The van der Waals surface area contributed by atoms with Crippen molar-refractivity contribution < 1.29 is 9.53 Å². The minimum atomic E-state index is -0.471. The Bertz CT molecular complexity index is 1350. The van der Waals surface area contributed by atoms with Crippen LogP contribution in [0.4, 0.5) is 11.4 Å². The molecule has 0 saturated heterocycles. The number of halogens is 1. The Morgan fingerprint density at radius 2 is 1.89 bits per heavy atom. The van der Waals surface area contributed by atoms with Crippen LogP contribution in [-0.4, -0.2) is 36.2 Å². The van der Waals surface area contributed by atoms with Crippen LogP contribution < -0.4 is 26.1 Å². The number of benzene rings is 3. The molecule has 1 amide bonds. The van der Waals surface area contributed by atoms with Gasteiger partial charge in [-0.2, -0.15) is 5.10 Å². The molecule has 2 aliphatic heterocycles. The van der Waals surface area contributed by atoms with Crippen LogP contribution in [0, 0.1) is 0 Å². The lowest BCUT2D eigenvalue weighted by atomic mass is 9.99. The second kappa shape index (κ2) is 10.5. The number of nitrogen functional groups attached to an aromatic ring is 1. The van der Waals surface area contributed by atoms with Crippen molar-refractivity contribution >= 4 is 40.4 Å². The van der Waals surface area contributed by atoms with E-state index in [9.17, 15) is 4.79 Å². The van der Waals surface area contributed by atoms with Gasteiger partial charge in [-0.15, -0.1) is 0 Å². The Kier molecular flexibility index (Phi) is 7.01. The topological polar surface area (TPSA) is 104 Å². The third kappa shape index (κ3) is 5.24. The maximum Gasteiger partial charge on any atom is 0.222 e. The Balaban J connectivity index is 1.58. The molecule has 9 heteroatoms. The summed E-state index contributed by atoms with van der Waals surface area (Å²) in [6.45, 7) is 4.89. The SMILES string of the molecule is CCNC(=O)C[C@@H]1N=C(c2ccc(Cl)cc2)c2cc(OCc3ccc(N)cc3)ccc2N2C1=NNC2C. The molecule has 0 saturated carbocycles. The minimum absolute atomic E-state index is 0.0765. The van der Waals surface area contributed by atoms with E-state index in [0.29, 0.717) is 35.4 Å². The highest BCUT2D eigenvalue weighted by molar-refractivity contribution is 6.31. The Morgan fingerprint density at radius 1 is 1.14 bits per heavy atom. The van der Waals surface area contributed by atoms with Gasteiger partial charge in [0.25, 0.3) is 0 Å². The summed E-state index contributed by atoms with van der Waals surface area (Å²) >= 11 is 6.19. The molecule has 0 spiro atoms. The molecule has 2 heterocycles. The number of amidine groups is 1. The van der Waals surface area contributed by atoms with Crippen molar-refractivity contribution in [3.8, 4) is 5.75 Å². The van der Waals surface area contributed by atoms with Crippen LogP contribution in [0.2, 0.25) is 5.02 Å². The summed E-state index contributed by atoms with van der Waals surface area (Å²) in [5.41, 5.74) is 14.2. The largest absolute Gasteiger partial charge is 0.489 e. The van der Waals surface area contributed by atoms with Crippen LogP contribution >= 0.6 is 11.6 Å². The van der Waals surface area contributed by atoms with Crippen molar-refractivity contribution in [3.05, 3.63) is 88.4 Å². The van der Waals surface area contributed by atoms with Gasteiger partial charge in [0.15, 0.2) is 5.84 Å². The quantitative estimate of drug-likeness (QED) is 0.406. The fraction of sp³-hybridized carbons (Fsp3) is 0.250. The average molecular weight is 517 g/mol. The number of ether oxygens (including phenoxy) is 1. The molecule has 5 rings (SSSR count). The van der Waals surface area contributed by atoms with E-state index >= 15 is 0 Å². The van der Waals surface area contributed by atoms with E-state index in [2.05, 4.69) is 20.7 Å². The van der Waals surface area contributed by atoms with Gasteiger partial charge in [0.2, 0.25) is 5.91 Å². The number of nitrogens with one attached hydrogen (secondary N) is 2. The second-order valence-corrected chi connectivity index (χ2v) is 9.45. The van der Waals surface area contributed by atoms with E-state index in [1.54, 1.807) is 0 Å². The van der Waals surface area contributed by atoms with E-state index < -0.39 is 6.04 Å². The molecule has 0 aromatic heterocycles. The number of nitrogens with two attached hydrogens (primary N) is 1. The summed E-state index contributed by atoms with van der Waals surface area (Å²) in [7, 11) is 0. The molecule has 2 atom stereocenters. The Labute approximate surface area is 221 Å². The van der Waals surface area contributed by atoms with Crippen LogP contribution in [0.3, 0.4) is 0 Å². The molecule has 8 nitrogen and oxygen atoms in total. The fourth-order valence-corrected chi connectivity index (χ4v) is 4.65. The zero-order valence-electron chi connectivity index (χ0n) is 20.7. The molecule has 3 aromatic rings. The predicted octanol–water partition coefficient (Wildman–Crippen LogP) is 4.32. The van der Waals surface area contributed by atoms with Crippen molar-refractivity contribution in [3.63, 3.8) is 0 Å². The first-order valence-corrected chi connectivity index (χ1v) is 12.6. The van der Waals surface area contributed by atoms with Crippen molar-refractivity contribution in [1.82, 2.24) is 10.7 Å². The van der Waals surface area contributed by atoms with Gasteiger partial charge in [0, 0.05) is 28.4 Å². The normalized spacial score (nSPS) is 18.1. The number of carbonyl (C=O) groups excluding carboxylic acids is 1. The summed E-state index contributed by atoms with van der Waals surface area (Å²) in [5, 5.41) is 8.11.